The van der Waals surface area contributed by atoms with Crippen LogP contribution in [0.5, 0.6) is 0 Å². The lowest BCUT2D eigenvalue weighted by Gasteiger charge is -2.11. The molecule has 2 rings (SSSR count). The van der Waals surface area contributed by atoms with E-state index in [1.165, 1.54) is 0 Å². The summed E-state index contributed by atoms with van der Waals surface area (Å²) in [5.74, 6) is 0.592. The molecule has 110 valence electrons. The fraction of sp³-hybridized carbons (Fsp3) is 0.429. The van der Waals surface area contributed by atoms with Crippen LogP contribution in [0.3, 0.4) is 0 Å². The van der Waals surface area contributed by atoms with Gasteiger partial charge >= 0.3 is 0 Å². The van der Waals surface area contributed by atoms with Gasteiger partial charge in [0.1, 0.15) is 5.52 Å². The molecule has 0 fully saturated rings. The number of hydrogen-bond donors (Lipinski definition) is 2. The van der Waals surface area contributed by atoms with Crippen LogP contribution in [0.1, 0.15) is 33.1 Å². The smallest absolute Gasteiger partial charge is 0.225 e. The van der Waals surface area contributed by atoms with Crippen molar-refractivity contribution in [2.45, 2.75) is 32.6 Å². The average Bonchev–Trinajstić information content (AvgIpc) is 2.71. The van der Waals surface area contributed by atoms with E-state index in [0.717, 1.165) is 11.1 Å². The van der Waals surface area contributed by atoms with Gasteiger partial charge in [0.25, 0.3) is 0 Å². The minimum atomic E-state index is -0.137. The maximum Gasteiger partial charge on any atom is 0.225 e. The van der Waals surface area contributed by atoms with Crippen molar-refractivity contribution in [2.75, 3.05) is 11.9 Å². The number of aromatic nitrogens is 1. The van der Waals surface area contributed by atoms with Crippen molar-refractivity contribution in [3.63, 3.8) is 0 Å². The van der Waals surface area contributed by atoms with Crippen molar-refractivity contribution in [1.82, 2.24) is 4.98 Å². The van der Waals surface area contributed by atoms with E-state index in [9.17, 15) is 4.79 Å². The van der Waals surface area contributed by atoms with Crippen molar-refractivity contribution in [3.8, 4) is 0 Å². The zero-order valence-corrected chi connectivity index (χ0v) is 12.7. The Labute approximate surface area is 124 Å². The van der Waals surface area contributed by atoms with E-state index in [-0.39, 0.29) is 23.7 Å². The Bertz CT molecular complexity index is 602. The van der Waals surface area contributed by atoms with Gasteiger partial charge in [0.05, 0.1) is 0 Å². The SMILES string of the molecule is CC(C)(C)c1nc2cc(NC(=O)CCN)ccc2o1.Cl. The van der Waals surface area contributed by atoms with Crippen LogP contribution < -0.4 is 11.1 Å². The molecule has 1 amide bonds. The molecule has 0 bridgehead atoms. The third-order valence-corrected chi connectivity index (χ3v) is 2.68. The van der Waals surface area contributed by atoms with Crippen LogP contribution in [-0.2, 0) is 10.2 Å². The summed E-state index contributed by atoms with van der Waals surface area (Å²) in [5.41, 5.74) is 7.38. The van der Waals surface area contributed by atoms with E-state index in [4.69, 9.17) is 10.2 Å². The summed E-state index contributed by atoms with van der Waals surface area (Å²) in [6, 6.07) is 5.42. The predicted octanol–water partition coefficient (Wildman–Crippen LogP) is 2.83. The largest absolute Gasteiger partial charge is 0.440 e. The van der Waals surface area contributed by atoms with Gasteiger partial charge in [-0.25, -0.2) is 4.98 Å². The van der Waals surface area contributed by atoms with Crippen molar-refractivity contribution >= 4 is 35.1 Å². The molecule has 2 aromatic rings. The summed E-state index contributed by atoms with van der Waals surface area (Å²) in [6.45, 7) is 6.47. The van der Waals surface area contributed by atoms with Gasteiger partial charge < -0.3 is 15.5 Å². The zero-order chi connectivity index (χ0) is 14.0. The molecule has 0 atom stereocenters. The maximum atomic E-state index is 11.5. The predicted molar refractivity (Wildman–Crippen MR) is 82.3 cm³/mol. The van der Waals surface area contributed by atoms with Crippen LogP contribution in [0.4, 0.5) is 5.69 Å². The fourth-order valence-electron chi connectivity index (χ4n) is 1.68. The maximum absolute atomic E-state index is 11.5. The van der Waals surface area contributed by atoms with Gasteiger partial charge in [0, 0.05) is 24.1 Å². The quantitative estimate of drug-likeness (QED) is 0.913. The van der Waals surface area contributed by atoms with Gasteiger partial charge in [-0.2, -0.15) is 0 Å². The molecule has 20 heavy (non-hydrogen) atoms. The molecule has 6 heteroatoms. The number of rotatable bonds is 3. The Morgan fingerprint density at radius 3 is 2.70 bits per heavy atom. The molecule has 0 aliphatic carbocycles. The Kier molecular flexibility index (Phi) is 5.14. The van der Waals surface area contributed by atoms with Gasteiger partial charge in [-0.1, -0.05) is 20.8 Å². The number of nitrogens with two attached hydrogens (primary N) is 1. The van der Waals surface area contributed by atoms with E-state index >= 15 is 0 Å². The fourth-order valence-corrected chi connectivity index (χ4v) is 1.68. The summed E-state index contributed by atoms with van der Waals surface area (Å²) in [4.78, 5) is 15.9. The van der Waals surface area contributed by atoms with Crippen LogP contribution in [0.25, 0.3) is 11.1 Å². The molecule has 3 N–H and O–H groups in total. The molecule has 0 saturated heterocycles. The first-order valence-electron chi connectivity index (χ1n) is 6.31. The highest BCUT2D eigenvalue weighted by atomic mass is 35.5. The van der Waals surface area contributed by atoms with Crippen LogP contribution in [0.2, 0.25) is 0 Å². The standard InChI is InChI=1S/C14H19N3O2.ClH/c1-14(2,3)13-17-10-8-9(4-5-11(10)19-13)16-12(18)6-7-15;/h4-5,8H,6-7,15H2,1-3H3,(H,16,18);1H. The highest BCUT2D eigenvalue weighted by Gasteiger charge is 2.20. The summed E-state index contributed by atoms with van der Waals surface area (Å²) < 4.78 is 5.70. The first-order valence-corrected chi connectivity index (χ1v) is 6.31. The lowest BCUT2D eigenvalue weighted by atomic mass is 9.97. The minimum absolute atomic E-state index is 0. The van der Waals surface area contributed by atoms with E-state index in [2.05, 4.69) is 10.3 Å². The van der Waals surface area contributed by atoms with Crippen molar-refractivity contribution < 1.29 is 9.21 Å². The molecule has 0 aliphatic heterocycles. The molecular weight excluding hydrogens is 278 g/mol. The number of nitrogens with one attached hydrogen (secondary N) is 1. The van der Waals surface area contributed by atoms with Crippen LogP contribution >= 0.6 is 12.4 Å². The highest BCUT2D eigenvalue weighted by molar-refractivity contribution is 5.92. The molecule has 0 saturated carbocycles. The van der Waals surface area contributed by atoms with Gasteiger partial charge in [-0.15, -0.1) is 12.4 Å². The summed E-state index contributed by atoms with van der Waals surface area (Å²) in [5, 5.41) is 2.78. The minimum Gasteiger partial charge on any atom is -0.440 e. The number of fused-ring (bicyclic) bond motifs is 1. The van der Waals surface area contributed by atoms with Gasteiger partial charge in [-0.05, 0) is 18.2 Å². The molecule has 1 heterocycles. The molecular formula is C14H20ClN3O2. The van der Waals surface area contributed by atoms with Crippen molar-refractivity contribution in [2.24, 2.45) is 5.73 Å². The molecule has 5 nitrogen and oxygen atoms in total. The third-order valence-electron chi connectivity index (χ3n) is 2.68. The lowest BCUT2D eigenvalue weighted by molar-refractivity contribution is -0.116. The van der Waals surface area contributed by atoms with Crippen molar-refractivity contribution in [1.29, 1.82) is 0 Å². The second-order valence-corrected chi connectivity index (χ2v) is 5.54. The lowest BCUT2D eigenvalue weighted by Crippen LogP contribution is -2.16. The van der Waals surface area contributed by atoms with E-state index in [1.807, 2.05) is 32.9 Å². The van der Waals surface area contributed by atoms with Crippen LogP contribution in [-0.4, -0.2) is 17.4 Å². The Morgan fingerprint density at radius 2 is 2.10 bits per heavy atom. The number of carbonyl (C=O) groups excluding carboxylic acids is 1. The van der Waals surface area contributed by atoms with Gasteiger partial charge in [-0.3, -0.25) is 4.79 Å². The second-order valence-electron chi connectivity index (χ2n) is 5.54. The molecule has 0 radical (unpaired) electrons. The van der Waals surface area contributed by atoms with E-state index in [0.29, 0.717) is 24.5 Å². The highest BCUT2D eigenvalue weighted by Crippen LogP contribution is 2.27. The molecule has 1 aromatic heterocycles. The van der Waals surface area contributed by atoms with E-state index in [1.54, 1.807) is 6.07 Å². The van der Waals surface area contributed by atoms with Crippen LogP contribution in [0.15, 0.2) is 22.6 Å². The number of nitrogens with zero attached hydrogens (tertiary/aromatic N) is 1. The Hall–Kier alpha value is -1.59. The average molecular weight is 298 g/mol. The van der Waals surface area contributed by atoms with Gasteiger partial charge in [0.2, 0.25) is 11.8 Å². The third kappa shape index (κ3) is 3.71. The number of benzene rings is 1. The summed E-state index contributed by atoms with van der Waals surface area (Å²) in [7, 11) is 0. The Balaban J connectivity index is 0.00000200. The number of anilines is 1. The molecule has 0 spiro atoms. The number of hydrogen-bond acceptors (Lipinski definition) is 4. The molecule has 0 unspecified atom stereocenters. The Morgan fingerprint density at radius 1 is 1.40 bits per heavy atom. The first-order chi connectivity index (χ1) is 8.90. The van der Waals surface area contributed by atoms with Crippen LogP contribution in [0, 0.1) is 0 Å². The normalized spacial score (nSPS) is 11.2. The number of oxazole rings is 1. The number of carbonyl (C=O) groups is 1. The molecule has 1 aromatic carbocycles. The number of amides is 1. The second kappa shape index (κ2) is 6.24. The van der Waals surface area contributed by atoms with E-state index < -0.39 is 0 Å². The zero-order valence-electron chi connectivity index (χ0n) is 11.9. The summed E-state index contributed by atoms with van der Waals surface area (Å²) in [6.07, 6.45) is 0.310. The molecule has 0 aliphatic rings. The van der Waals surface area contributed by atoms with Gasteiger partial charge in [0.15, 0.2) is 5.58 Å². The number of halogens is 1. The topological polar surface area (TPSA) is 81.2 Å². The first kappa shape index (κ1) is 16.5. The summed E-state index contributed by atoms with van der Waals surface area (Å²) >= 11 is 0. The van der Waals surface area contributed by atoms with Crippen molar-refractivity contribution in [3.05, 3.63) is 24.1 Å². The monoisotopic (exact) mass is 297 g/mol.